The summed E-state index contributed by atoms with van der Waals surface area (Å²) in [5, 5.41) is 12.6. The van der Waals surface area contributed by atoms with E-state index < -0.39 is 11.8 Å². The van der Waals surface area contributed by atoms with E-state index in [0.717, 1.165) is 0 Å². The number of benzene rings is 1. The van der Waals surface area contributed by atoms with Crippen LogP contribution in [0, 0.1) is 0 Å². The lowest BCUT2D eigenvalue weighted by Gasteiger charge is -2.27. The van der Waals surface area contributed by atoms with Crippen LogP contribution in [0.1, 0.15) is 5.56 Å². The number of nitrogens with one attached hydrogen (secondary N) is 1. The molecular weight excluding hydrogens is 347 g/mol. The summed E-state index contributed by atoms with van der Waals surface area (Å²) in [7, 11) is 0. The summed E-state index contributed by atoms with van der Waals surface area (Å²) < 4.78 is 0. The number of carbonyl (C=O) groups excluding carboxylic acids is 2. The van der Waals surface area contributed by atoms with Crippen LogP contribution >= 0.6 is 35.4 Å². The van der Waals surface area contributed by atoms with Gasteiger partial charge >= 0.3 is 0 Å². The first-order valence-electron chi connectivity index (χ1n) is 6.03. The van der Waals surface area contributed by atoms with Gasteiger partial charge < -0.3 is 5.11 Å². The average molecular weight is 357 g/mol. The van der Waals surface area contributed by atoms with Gasteiger partial charge in [0.2, 0.25) is 0 Å². The molecule has 0 radical (unpaired) electrons. The predicted octanol–water partition coefficient (Wildman–Crippen LogP) is 2.51. The van der Waals surface area contributed by atoms with Crippen molar-refractivity contribution in [3.63, 3.8) is 0 Å². The van der Waals surface area contributed by atoms with Crippen LogP contribution in [-0.2, 0) is 9.59 Å². The Balaban J connectivity index is 2.50. The zero-order valence-corrected chi connectivity index (χ0v) is 13.4. The molecule has 0 atom stereocenters. The van der Waals surface area contributed by atoms with Gasteiger partial charge in [-0.3, -0.25) is 19.8 Å². The second-order valence-electron chi connectivity index (χ2n) is 4.34. The second-order valence-corrected chi connectivity index (χ2v) is 5.57. The summed E-state index contributed by atoms with van der Waals surface area (Å²) >= 11 is 16.7. The maximum atomic E-state index is 12.3. The van der Waals surface area contributed by atoms with E-state index in [0.29, 0.717) is 0 Å². The molecule has 2 amide bonds. The Morgan fingerprint density at radius 2 is 2.05 bits per heavy atom. The molecule has 0 aromatic heterocycles. The van der Waals surface area contributed by atoms with E-state index in [1.807, 2.05) is 0 Å². The van der Waals surface area contributed by atoms with Gasteiger partial charge in [0.05, 0.1) is 5.02 Å². The quantitative estimate of drug-likeness (QED) is 0.378. The Morgan fingerprint density at radius 3 is 2.64 bits per heavy atom. The molecule has 2 rings (SSSR count). The highest BCUT2D eigenvalue weighted by atomic mass is 35.5. The number of thiocarbonyl (C=S) groups is 1. The Morgan fingerprint density at radius 1 is 1.36 bits per heavy atom. The van der Waals surface area contributed by atoms with Crippen molar-refractivity contribution in [2.24, 2.45) is 0 Å². The summed E-state index contributed by atoms with van der Waals surface area (Å²) in [5.41, 5.74) is -0.0779. The minimum Gasteiger partial charge on any atom is -0.507 e. The highest BCUT2D eigenvalue weighted by molar-refractivity contribution is 7.80. The van der Waals surface area contributed by atoms with E-state index in [-0.39, 0.29) is 38.6 Å². The molecule has 114 valence electrons. The van der Waals surface area contributed by atoms with Gasteiger partial charge in [0.25, 0.3) is 11.8 Å². The van der Waals surface area contributed by atoms with Crippen molar-refractivity contribution < 1.29 is 14.7 Å². The number of phenols is 1. The van der Waals surface area contributed by atoms with Gasteiger partial charge in [0, 0.05) is 17.1 Å². The maximum Gasteiger partial charge on any atom is 0.265 e. The van der Waals surface area contributed by atoms with Gasteiger partial charge in [-0.05, 0) is 30.4 Å². The Kier molecular flexibility index (Phi) is 4.85. The fourth-order valence-corrected chi connectivity index (χ4v) is 2.63. The van der Waals surface area contributed by atoms with E-state index in [2.05, 4.69) is 11.9 Å². The van der Waals surface area contributed by atoms with E-state index >= 15 is 0 Å². The van der Waals surface area contributed by atoms with Gasteiger partial charge in [0.15, 0.2) is 5.11 Å². The van der Waals surface area contributed by atoms with Gasteiger partial charge in [-0.2, -0.15) is 0 Å². The molecule has 0 aliphatic carbocycles. The van der Waals surface area contributed by atoms with Gasteiger partial charge in [-0.25, -0.2) is 0 Å². The van der Waals surface area contributed by atoms with Crippen LogP contribution in [0.3, 0.4) is 0 Å². The number of hydrogen-bond acceptors (Lipinski definition) is 4. The summed E-state index contributed by atoms with van der Waals surface area (Å²) in [4.78, 5) is 25.5. The molecule has 1 aliphatic rings. The summed E-state index contributed by atoms with van der Waals surface area (Å²) in [5.74, 6) is -1.51. The third-order valence-electron chi connectivity index (χ3n) is 2.86. The predicted molar refractivity (Wildman–Crippen MR) is 88.8 cm³/mol. The molecule has 0 bridgehead atoms. The van der Waals surface area contributed by atoms with Crippen LogP contribution in [0.4, 0.5) is 0 Å². The average Bonchev–Trinajstić information content (AvgIpc) is 2.41. The van der Waals surface area contributed by atoms with Crippen molar-refractivity contribution in [1.29, 1.82) is 0 Å². The van der Waals surface area contributed by atoms with Crippen molar-refractivity contribution in [2.45, 2.75) is 0 Å². The number of phenolic OH excluding ortho intramolecular Hbond substituents is 1. The smallest absolute Gasteiger partial charge is 0.265 e. The molecule has 0 spiro atoms. The van der Waals surface area contributed by atoms with Gasteiger partial charge in [0.1, 0.15) is 11.3 Å². The lowest BCUT2D eigenvalue weighted by molar-refractivity contribution is -0.128. The zero-order valence-electron chi connectivity index (χ0n) is 11.1. The Labute approximate surface area is 141 Å². The number of hydrogen-bond donors (Lipinski definition) is 2. The second kappa shape index (κ2) is 6.48. The fraction of sp³-hybridized carbons (Fsp3) is 0.0714. The molecule has 8 heteroatoms. The fourth-order valence-electron chi connectivity index (χ4n) is 1.85. The monoisotopic (exact) mass is 356 g/mol. The van der Waals surface area contributed by atoms with Crippen molar-refractivity contribution in [3.05, 3.63) is 46.0 Å². The minimum absolute atomic E-state index is 0.00141. The van der Waals surface area contributed by atoms with Crippen LogP contribution < -0.4 is 5.32 Å². The lowest BCUT2D eigenvalue weighted by atomic mass is 10.1. The van der Waals surface area contributed by atoms with Gasteiger partial charge in [-0.1, -0.05) is 29.3 Å². The standard InChI is InChI=1S/C14H10Cl2N2O3S/c1-2-3-18-13(21)9(12(20)17-14(18)22)6-8-10(16)4-7(15)5-11(8)19/h2,4-6,19H,1,3H2,(H,17,20,22)/b9-6+. The molecular formula is C14H10Cl2N2O3S. The zero-order chi connectivity index (χ0) is 16.4. The van der Waals surface area contributed by atoms with Gasteiger partial charge in [-0.15, -0.1) is 6.58 Å². The van der Waals surface area contributed by atoms with E-state index in [9.17, 15) is 14.7 Å². The first kappa shape index (κ1) is 16.5. The van der Waals surface area contributed by atoms with Crippen molar-refractivity contribution in [2.75, 3.05) is 6.54 Å². The molecule has 1 heterocycles. The molecule has 1 aromatic rings. The van der Waals surface area contributed by atoms with Crippen LogP contribution in [0.25, 0.3) is 6.08 Å². The molecule has 22 heavy (non-hydrogen) atoms. The molecule has 5 nitrogen and oxygen atoms in total. The highest BCUT2D eigenvalue weighted by Crippen LogP contribution is 2.32. The molecule has 1 aliphatic heterocycles. The number of nitrogens with zero attached hydrogens (tertiary/aromatic N) is 1. The van der Waals surface area contributed by atoms with E-state index in [1.165, 1.54) is 29.2 Å². The molecule has 2 N–H and O–H groups in total. The number of halogens is 2. The first-order chi connectivity index (χ1) is 10.3. The Bertz CT molecular complexity index is 708. The van der Waals surface area contributed by atoms with Crippen molar-refractivity contribution in [3.8, 4) is 5.75 Å². The van der Waals surface area contributed by atoms with Crippen molar-refractivity contribution in [1.82, 2.24) is 10.2 Å². The van der Waals surface area contributed by atoms with Crippen LogP contribution in [-0.4, -0.2) is 33.5 Å². The third-order valence-corrected chi connectivity index (χ3v) is 3.71. The summed E-state index contributed by atoms with van der Waals surface area (Å²) in [6.45, 7) is 3.68. The number of rotatable bonds is 3. The Hall–Kier alpha value is -1.89. The molecule has 1 fully saturated rings. The topological polar surface area (TPSA) is 69.6 Å². The highest BCUT2D eigenvalue weighted by Gasteiger charge is 2.33. The molecule has 0 unspecified atom stereocenters. The van der Waals surface area contributed by atoms with Crippen molar-refractivity contribution >= 4 is 58.4 Å². The largest absolute Gasteiger partial charge is 0.507 e. The van der Waals surface area contributed by atoms with E-state index in [4.69, 9.17) is 35.4 Å². The number of aromatic hydroxyl groups is 1. The molecule has 1 saturated heterocycles. The maximum absolute atomic E-state index is 12.3. The lowest BCUT2D eigenvalue weighted by Crippen LogP contribution is -2.53. The minimum atomic E-state index is -0.666. The summed E-state index contributed by atoms with van der Waals surface area (Å²) in [6, 6.07) is 2.66. The van der Waals surface area contributed by atoms with Crippen LogP contribution in [0.5, 0.6) is 5.75 Å². The summed E-state index contributed by atoms with van der Waals surface area (Å²) in [6.07, 6.45) is 2.68. The van der Waals surface area contributed by atoms with Crippen LogP contribution in [0.2, 0.25) is 10.0 Å². The molecule has 1 aromatic carbocycles. The third kappa shape index (κ3) is 3.14. The first-order valence-corrected chi connectivity index (χ1v) is 7.19. The van der Waals surface area contributed by atoms with E-state index in [1.54, 1.807) is 0 Å². The molecule has 0 saturated carbocycles. The van der Waals surface area contributed by atoms with Crippen LogP contribution in [0.15, 0.2) is 30.4 Å². The number of amides is 2. The number of carbonyl (C=O) groups is 2. The normalized spacial score (nSPS) is 16.9. The SMILES string of the molecule is C=CCN1C(=O)/C(=C/c2c(O)cc(Cl)cc2Cl)C(=O)NC1=S.